The van der Waals surface area contributed by atoms with Gasteiger partial charge in [-0.2, -0.15) is 0 Å². The average molecular weight is 412 g/mol. The number of carboxylic acid groups (broad SMARTS) is 2. The summed E-state index contributed by atoms with van der Waals surface area (Å²) in [5, 5.41) is 31.0. The van der Waals surface area contributed by atoms with Crippen LogP contribution in [0.15, 0.2) is 24.0 Å². The minimum absolute atomic E-state index is 0. The van der Waals surface area contributed by atoms with Crippen molar-refractivity contribution in [2.45, 2.75) is 24.7 Å². The summed E-state index contributed by atoms with van der Waals surface area (Å²) in [6.07, 6.45) is -5.04. The van der Waals surface area contributed by atoms with Crippen molar-refractivity contribution in [1.82, 2.24) is 0 Å². The Labute approximate surface area is 231 Å². The van der Waals surface area contributed by atoms with Crippen LogP contribution in [0.4, 0.5) is 0 Å². The summed E-state index contributed by atoms with van der Waals surface area (Å²) in [6, 6.07) is 0. The van der Waals surface area contributed by atoms with E-state index in [9.17, 15) is 39.3 Å². The molecule has 0 fully saturated rings. The molecule has 0 spiro atoms. The van der Waals surface area contributed by atoms with Gasteiger partial charge in [0.1, 0.15) is 30.0 Å². The molecule has 0 aliphatic heterocycles. The van der Waals surface area contributed by atoms with E-state index in [1.54, 1.807) is 0 Å². The molecule has 15 heteroatoms. The first kappa shape index (κ1) is 34.8. The molecule has 1 rings (SSSR count). The number of aliphatic hydroxyl groups is 1. The van der Waals surface area contributed by atoms with Gasteiger partial charge in [0.2, 0.25) is 0 Å². The number of phosphoric ester groups is 1. The molecule has 0 amide bonds. The van der Waals surface area contributed by atoms with Crippen molar-refractivity contribution in [2.75, 3.05) is 0 Å². The molecule has 0 aromatic rings. The predicted molar refractivity (Wildman–Crippen MR) is 55.2 cm³/mol. The van der Waals surface area contributed by atoms with Gasteiger partial charge in [0.05, 0.1) is 13.8 Å². The molecule has 0 radical (unpaired) electrons. The molecule has 0 saturated carbocycles. The van der Waals surface area contributed by atoms with E-state index in [1.165, 1.54) is 0 Å². The van der Waals surface area contributed by atoms with E-state index >= 15 is 0 Å². The Morgan fingerprint density at radius 1 is 1.20 bits per heavy atom. The summed E-state index contributed by atoms with van der Waals surface area (Å²) in [5.74, 6) is -4.46. The number of hydrogen-bond acceptors (Lipinski definition) is 10. The second kappa shape index (κ2) is 15.2. The molecule has 25 heavy (non-hydrogen) atoms. The van der Waals surface area contributed by atoms with Crippen molar-refractivity contribution in [1.29, 1.82) is 0 Å². The summed E-state index contributed by atoms with van der Waals surface area (Å²) >= 11 is 0. The maximum Gasteiger partial charge on any atom is 1.00 e. The Hall–Kier alpha value is 2.29. The minimum atomic E-state index is -5.53. The van der Waals surface area contributed by atoms with E-state index in [0.717, 1.165) is 0 Å². The Bertz CT molecular complexity index is 548. The van der Waals surface area contributed by atoms with Crippen LogP contribution in [0.2, 0.25) is 0 Å². The van der Waals surface area contributed by atoms with Gasteiger partial charge in [-0.1, -0.05) is 6.58 Å². The van der Waals surface area contributed by atoms with Gasteiger partial charge in [0.25, 0.3) is 0 Å². The Morgan fingerprint density at radius 2 is 1.68 bits per heavy atom. The van der Waals surface area contributed by atoms with Crippen molar-refractivity contribution in [2.24, 2.45) is 0 Å². The van der Waals surface area contributed by atoms with E-state index in [2.05, 4.69) is 15.8 Å². The van der Waals surface area contributed by atoms with Gasteiger partial charge in [-0.3, -0.25) is 0 Å². The third-order valence-electron chi connectivity index (χ3n) is 2.54. The minimum Gasteiger partial charge on any atom is -0.790 e. The fraction of sp³-hybridized carbons (Fsp3) is 0.400. The Kier molecular flexibility index (Phi) is 21.1. The average Bonchev–Trinajstić information content (AvgIpc) is 2.31. The fourth-order valence-electron chi connectivity index (χ4n) is 1.65. The van der Waals surface area contributed by atoms with Crippen LogP contribution in [0.5, 0.6) is 0 Å². The first-order chi connectivity index (χ1) is 9.51. The summed E-state index contributed by atoms with van der Waals surface area (Å²) in [7, 11) is -5.53. The van der Waals surface area contributed by atoms with E-state index in [-0.39, 0.29) is 118 Å². The third kappa shape index (κ3) is 12.5. The zero-order valence-electron chi connectivity index (χ0n) is 14.3. The van der Waals surface area contributed by atoms with Crippen LogP contribution >= 0.6 is 7.82 Å². The number of aliphatic carboxylic acids is 2. The van der Waals surface area contributed by atoms with Crippen LogP contribution in [0.1, 0.15) is 6.42 Å². The third-order valence-corrected chi connectivity index (χ3v) is 3.04. The maximum atomic E-state index is 10.8. The van der Waals surface area contributed by atoms with Gasteiger partial charge in [0, 0.05) is 6.42 Å². The van der Waals surface area contributed by atoms with E-state index in [4.69, 9.17) is 0 Å². The standard InChI is InChI=1S/C10H13O10P.4Na/c1-4(9(12)13)19-6-2-5(10(14)15)3-7(8(6)11)20-21(16,17)18;;;;/h3,6-8,11H,1-2H2,(H,12,13)(H,14,15)(H2,16,17,18);;;;/q;4*+1/p-4/t6?,7-,8?;;;;/m1..../s1. The number of phosphoric acid groups is 1. The molecule has 1 aliphatic carbocycles. The van der Waals surface area contributed by atoms with Crippen LogP contribution in [0.25, 0.3) is 0 Å². The molecule has 1 N–H and O–H groups in total. The largest absolute Gasteiger partial charge is 1.00 e. The molecule has 3 atom stereocenters. The van der Waals surface area contributed by atoms with Crippen molar-refractivity contribution in [3.63, 3.8) is 0 Å². The number of hydrogen-bond donors (Lipinski definition) is 1. The number of ether oxygens (including phenoxy) is 1. The first-order valence-electron chi connectivity index (χ1n) is 5.38. The van der Waals surface area contributed by atoms with Crippen molar-refractivity contribution in [3.8, 4) is 0 Å². The predicted octanol–water partition coefficient (Wildman–Crippen LogP) is -16.7. The molecule has 2 unspecified atom stereocenters. The molecular weight excluding hydrogens is 403 g/mol. The monoisotopic (exact) mass is 412 g/mol. The van der Waals surface area contributed by atoms with Gasteiger partial charge in [0.15, 0.2) is 0 Å². The summed E-state index contributed by atoms with van der Waals surface area (Å²) in [4.78, 5) is 42.3. The van der Waals surface area contributed by atoms with E-state index in [0.29, 0.717) is 6.08 Å². The molecule has 118 valence electrons. The molecule has 1 aliphatic rings. The van der Waals surface area contributed by atoms with Crippen LogP contribution in [0, 0.1) is 0 Å². The number of carboxylic acids is 2. The summed E-state index contributed by atoms with van der Waals surface area (Å²) in [6.45, 7) is 2.96. The topological polar surface area (TPSA) is 182 Å². The molecule has 0 aromatic heterocycles. The maximum absolute atomic E-state index is 10.8. The zero-order valence-corrected chi connectivity index (χ0v) is 23.2. The quantitative estimate of drug-likeness (QED) is 0.190. The number of aliphatic hydroxyl groups excluding tert-OH is 1. The summed E-state index contributed by atoms with van der Waals surface area (Å²) in [5.41, 5.74) is -0.533. The molecule has 0 heterocycles. The Balaban J connectivity index is -0.000000551. The number of carbonyl (C=O) groups excluding carboxylic acids is 2. The van der Waals surface area contributed by atoms with Crippen LogP contribution in [0.3, 0.4) is 0 Å². The smallest absolute Gasteiger partial charge is 0.790 e. The SMILES string of the molecule is C=C(OC1CC(C(=O)[O-])=C[C@@H](OP(=O)([O-])[O-])C1O)C(=O)[O-].[Na+].[Na+].[Na+].[Na+]. The molecular formula is C10H9Na4O10P. The van der Waals surface area contributed by atoms with Crippen molar-refractivity contribution < 1.29 is 167 Å². The second-order valence-corrected chi connectivity index (χ2v) is 5.16. The van der Waals surface area contributed by atoms with E-state index in [1.807, 2.05) is 0 Å². The van der Waals surface area contributed by atoms with Crippen LogP contribution < -0.4 is 138 Å². The zero-order chi connectivity index (χ0) is 16.4. The van der Waals surface area contributed by atoms with Gasteiger partial charge >= 0.3 is 118 Å². The van der Waals surface area contributed by atoms with Gasteiger partial charge < -0.3 is 48.5 Å². The molecule has 0 aromatic carbocycles. The normalized spacial score (nSPS) is 21.7. The number of rotatable bonds is 6. The van der Waals surface area contributed by atoms with Gasteiger partial charge in [-0.15, -0.1) is 0 Å². The van der Waals surface area contributed by atoms with Gasteiger partial charge in [-0.05, 0) is 11.6 Å². The molecule has 0 bridgehead atoms. The van der Waals surface area contributed by atoms with Crippen LogP contribution in [-0.4, -0.2) is 35.4 Å². The van der Waals surface area contributed by atoms with Crippen LogP contribution in [-0.2, 0) is 23.4 Å². The van der Waals surface area contributed by atoms with E-state index < -0.39 is 55.8 Å². The molecule has 0 saturated heterocycles. The summed E-state index contributed by atoms with van der Waals surface area (Å²) < 4.78 is 19.2. The number of carbonyl (C=O) groups is 2. The van der Waals surface area contributed by atoms with Crippen molar-refractivity contribution >= 4 is 19.8 Å². The first-order valence-corrected chi connectivity index (χ1v) is 6.85. The van der Waals surface area contributed by atoms with Crippen molar-refractivity contribution in [3.05, 3.63) is 24.0 Å². The fourth-order valence-corrected chi connectivity index (χ4v) is 2.13. The Morgan fingerprint density at radius 3 is 2.04 bits per heavy atom. The second-order valence-electron chi connectivity index (χ2n) is 4.06. The van der Waals surface area contributed by atoms with Gasteiger partial charge in [-0.25, -0.2) is 0 Å². The molecule has 10 nitrogen and oxygen atoms in total.